The molecule has 0 aromatic rings. The standard InChI is InChI=1S/C51H104O23/c1-12-51(33-65-29-47(71-19-42(8)58)25-63-21-44(10)68-16-39(5)55,34-66-30-48(24-61-14-37(3)53)73-22-45(11)69-17-40(6)56)35-67-31-49(74-32-50(72-20-43(9)59)28-62-15-38(4)54)27-64-26-46(70-18-41(7)57)23-60-13-36(2)52/h36-50,52-59H,12-35H2,1-11H3. The fourth-order valence-corrected chi connectivity index (χ4v) is 6.22. The predicted octanol–water partition coefficient (Wildman–Crippen LogP) is 0.298. The Balaban J connectivity index is 6.59. The second-order valence-corrected chi connectivity index (χ2v) is 19.9. The summed E-state index contributed by atoms with van der Waals surface area (Å²) in [5, 5.41) is 78.7. The lowest BCUT2D eigenvalue weighted by molar-refractivity contribution is -0.148. The maximum absolute atomic E-state index is 10.1. The number of hydrogen-bond donors (Lipinski definition) is 8. The van der Waals surface area contributed by atoms with Crippen molar-refractivity contribution < 1.29 is 112 Å². The molecule has 446 valence electrons. The average Bonchev–Trinajstić information content (AvgIpc) is 3.31. The van der Waals surface area contributed by atoms with E-state index < -0.39 is 84.8 Å². The van der Waals surface area contributed by atoms with Crippen molar-refractivity contribution in [3.05, 3.63) is 0 Å². The first kappa shape index (κ1) is 73.1. The van der Waals surface area contributed by atoms with Gasteiger partial charge in [0.2, 0.25) is 0 Å². The number of rotatable bonds is 54. The molecule has 0 aliphatic carbocycles. The van der Waals surface area contributed by atoms with Crippen LogP contribution in [0.3, 0.4) is 0 Å². The molecular formula is C51H104O23. The Hall–Kier alpha value is -0.920. The van der Waals surface area contributed by atoms with Gasteiger partial charge in [0.25, 0.3) is 0 Å². The molecule has 0 saturated heterocycles. The smallest absolute Gasteiger partial charge is 0.104 e. The third-order valence-corrected chi connectivity index (χ3v) is 10.2. The Morgan fingerprint density at radius 2 is 0.459 bits per heavy atom. The molecule has 0 fully saturated rings. The fourth-order valence-electron chi connectivity index (χ4n) is 6.22. The van der Waals surface area contributed by atoms with Crippen LogP contribution in [0.2, 0.25) is 0 Å². The highest BCUT2D eigenvalue weighted by molar-refractivity contribution is 4.79. The molecule has 0 aliphatic heterocycles. The van der Waals surface area contributed by atoms with Crippen LogP contribution in [0.4, 0.5) is 0 Å². The summed E-state index contributed by atoms with van der Waals surface area (Å²) < 4.78 is 89.9. The van der Waals surface area contributed by atoms with Gasteiger partial charge in [0.05, 0.1) is 213 Å². The first-order chi connectivity index (χ1) is 35.0. The highest BCUT2D eigenvalue weighted by Crippen LogP contribution is 2.25. The van der Waals surface area contributed by atoms with Gasteiger partial charge >= 0.3 is 0 Å². The van der Waals surface area contributed by atoms with Crippen LogP contribution in [0.25, 0.3) is 0 Å². The molecule has 0 radical (unpaired) electrons. The molecule has 0 aliphatic rings. The third-order valence-electron chi connectivity index (χ3n) is 10.2. The van der Waals surface area contributed by atoms with E-state index in [0.29, 0.717) is 6.42 Å². The molecule has 0 amide bonds. The molecule has 0 saturated carbocycles. The van der Waals surface area contributed by atoms with Crippen molar-refractivity contribution in [3.63, 3.8) is 0 Å². The zero-order chi connectivity index (χ0) is 55.7. The summed E-state index contributed by atoms with van der Waals surface area (Å²) in [5.41, 5.74) is -0.776. The lowest BCUT2D eigenvalue weighted by Crippen LogP contribution is -2.41. The van der Waals surface area contributed by atoms with Crippen molar-refractivity contribution in [3.8, 4) is 0 Å². The lowest BCUT2D eigenvalue weighted by atomic mass is 9.88. The Labute approximate surface area is 442 Å². The largest absolute Gasteiger partial charge is 0.391 e. The zero-order valence-electron chi connectivity index (χ0n) is 46.8. The van der Waals surface area contributed by atoms with Gasteiger partial charge in [0.1, 0.15) is 30.5 Å². The van der Waals surface area contributed by atoms with Crippen LogP contribution in [-0.2, 0) is 71.1 Å². The minimum Gasteiger partial charge on any atom is -0.391 e. The van der Waals surface area contributed by atoms with Crippen LogP contribution >= 0.6 is 0 Å². The van der Waals surface area contributed by atoms with E-state index in [1.165, 1.54) is 0 Å². The van der Waals surface area contributed by atoms with Crippen molar-refractivity contribution >= 4 is 0 Å². The van der Waals surface area contributed by atoms with Crippen molar-refractivity contribution in [2.24, 2.45) is 5.41 Å². The molecule has 16 unspecified atom stereocenters. The van der Waals surface area contributed by atoms with Crippen molar-refractivity contribution in [2.75, 3.05) is 152 Å². The average molecular weight is 1090 g/mol. The van der Waals surface area contributed by atoms with Gasteiger partial charge in [-0.05, 0) is 75.7 Å². The molecule has 0 rings (SSSR count). The van der Waals surface area contributed by atoms with Gasteiger partial charge in [0, 0.05) is 5.41 Å². The van der Waals surface area contributed by atoms with E-state index in [-0.39, 0.29) is 164 Å². The van der Waals surface area contributed by atoms with E-state index in [2.05, 4.69) is 0 Å². The van der Waals surface area contributed by atoms with E-state index in [4.69, 9.17) is 71.1 Å². The molecular weight excluding hydrogens is 981 g/mol. The molecule has 23 nitrogen and oxygen atoms in total. The van der Waals surface area contributed by atoms with Crippen molar-refractivity contribution in [2.45, 2.75) is 174 Å². The van der Waals surface area contributed by atoms with Crippen LogP contribution < -0.4 is 0 Å². The van der Waals surface area contributed by atoms with Crippen molar-refractivity contribution in [1.82, 2.24) is 0 Å². The van der Waals surface area contributed by atoms with E-state index in [0.717, 1.165) is 0 Å². The second kappa shape index (κ2) is 45.9. The topological polar surface area (TPSA) is 300 Å². The van der Waals surface area contributed by atoms with Gasteiger partial charge in [-0.15, -0.1) is 0 Å². The molecule has 0 bridgehead atoms. The molecule has 0 spiro atoms. The van der Waals surface area contributed by atoms with Gasteiger partial charge < -0.3 is 112 Å². The maximum Gasteiger partial charge on any atom is 0.104 e. The molecule has 0 aromatic carbocycles. The van der Waals surface area contributed by atoms with Gasteiger partial charge in [-0.2, -0.15) is 0 Å². The monoisotopic (exact) mass is 1080 g/mol. The van der Waals surface area contributed by atoms with Gasteiger partial charge in [0.15, 0.2) is 0 Å². The number of ether oxygens (including phenoxy) is 15. The van der Waals surface area contributed by atoms with Gasteiger partial charge in [-0.25, -0.2) is 0 Å². The Kier molecular flexibility index (Phi) is 45.3. The fraction of sp³-hybridized carbons (Fsp3) is 1.00. The Bertz CT molecular complexity index is 1220. The maximum atomic E-state index is 10.1. The van der Waals surface area contributed by atoms with Crippen LogP contribution in [0.1, 0.15) is 82.6 Å². The van der Waals surface area contributed by atoms with E-state index >= 15 is 0 Å². The quantitative estimate of drug-likeness (QED) is 0.0406. The van der Waals surface area contributed by atoms with Crippen LogP contribution in [0.15, 0.2) is 0 Å². The summed E-state index contributed by atoms with van der Waals surface area (Å²) >= 11 is 0. The number of aliphatic hydroxyl groups is 8. The molecule has 16 atom stereocenters. The van der Waals surface area contributed by atoms with Gasteiger partial charge in [-0.1, -0.05) is 6.92 Å². The lowest BCUT2D eigenvalue weighted by Gasteiger charge is -2.34. The SMILES string of the molecule is CCC(COCC(COCC(C)OCC(C)O)OCC(C)O)(COCC(COCC(C)O)OCC(C)OCC(C)O)COCC(COCC(COCC(C)O)OCC(C)O)OCC(COCC(C)O)OCC(C)O. The molecule has 23 heteroatoms. The molecule has 74 heavy (non-hydrogen) atoms. The minimum absolute atomic E-state index is 0.0110. The Morgan fingerprint density at radius 1 is 0.243 bits per heavy atom. The first-order valence-corrected chi connectivity index (χ1v) is 26.4. The molecule has 0 heterocycles. The summed E-state index contributed by atoms with van der Waals surface area (Å²) in [5.74, 6) is 0. The highest BCUT2D eigenvalue weighted by Gasteiger charge is 2.32. The summed E-state index contributed by atoms with van der Waals surface area (Å²) in [6.07, 6.45) is -8.73. The van der Waals surface area contributed by atoms with E-state index in [9.17, 15) is 40.9 Å². The normalized spacial score (nSPS) is 19.3. The summed E-state index contributed by atoms with van der Waals surface area (Å²) in [6, 6.07) is 0. The number of hydrogen-bond acceptors (Lipinski definition) is 23. The van der Waals surface area contributed by atoms with E-state index in [1.807, 2.05) is 20.8 Å². The second-order valence-electron chi connectivity index (χ2n) is 19.9. The minimum atomic E-state index is -0.776. The first-order valence-electron chi connectivity index (χ1n) is 26.4. The summed E-state index contributed by atoms with van der Waals surface area (Å²) in [6.45, 7) is 20.7. The van der Waals surface area contributed by atoms with Crippen LogP contribution in [0.5, 0.6) is 0 Å². The van der Waals surface area contributed by atoms with Crippen molar-refractivity contribution in [1.29, 1.82) is 0 Å². The predicted molar refractivity (Wildman–Crippen MR) is 272 cm³/mol. The van der Waals surface area contributed by atoms with Gasteiger partial charge in [-0.3, -0.25) is 0 Å². The third kappa shape index (κ3) is 45.0. The summed E-state index contributed by atoms with van der Waals surface area (Å²) in [4.78, 5) is 0. The Morgan fingerprint density at radius 3 is 0.757 bits per heavy atom. The molecule has 0 aromatic heterocycles. The highest BCUT2D eigenvalue weighted by atomic mass is 16.6. The molecule has 8 N–H and O–H groups in total. The van der Waals surface area contributed by atoms with Crippen LogP contribution in [0, 0.1) is 5.41 Å². The summed E-state index contributed by atoms with van der Waals surface area (Å²) in [7, 11) is 0. The zero-order valence-corrected chi connectivity index (χ0v) is 46.8. The van der Waals surface area contributed by atoms with E-state index in [1.54, 1.807) is 55.4 Å². The number of aliphatic hydroxyl groups excluding tert-OH is 8. The van der Waals surface area contributed by atoms with Crippen LogP contribution in [-0.4, -0.2) is 284 Å².